The summed E-state index contributed by atoms with van der Waals surface area (Å²) in [6.07, 6.45) is 5.82. The van der Waals surface area contributed by atoms with Crippen molar-refractivity contribution in [2.24, 2.45) is 0 Å². The number of hydrogen-bond donors (Lipinski definition) is 0. The summed E-state index contributed by atoms with van der Waals surface area (Å²) in [5.41, 5.74) is 6.38. The van der Waals surface area contributed by atoms with Gasteiger partial charge in [0.05, 0.1) is 12.4 Å². The third-order valence-corrected chi connectivity index (χ3v) is 8.44. The molecule has 249 valence electrons. The Bertz CT molecular complexity index is 2370. The maximum absolute atomic E-state index is 4.45. The number of nitrogens with zero attached hydrogens (tertiary/aromatic N) is 3. The molecule has 0 fully saturated rings. The standard InChI is InChI=1S/2C16H12N.C15H10N.Ir/c2*1-17-12-11-13-7-5-6-10-15(13)16(17)14-8-3-2-4-9-14;1-2-7-13(8-3-1)15-14-9-5-4-6-12(14)10-11-16-15;/h2*2-8,10-12H,1H2;1-7,9-11H;/q3*-1;. The molecule has 0 bridgehead atoms. The van der Waals surface area contributed by atoms with E-state index in [1.54, 1.807) is 0 Å². The van der Waals surface area contributed by atoms with E-state index in [2.05, 4.69) is 110 Å². The number of aromatic nitrogens is 3. The summed E-state index contributed by atoms with van der Waals surface area (Å²) in [7, 11) is 8.09. The predicted molar refractivity (Wildman–Crippen MR) is 204 cm³/mol. The minimum Gasteiger partial charge on any atom is -0.320 e. The molecule has 3 heterocycles. The van der Waals surface area contributed by atoms with Crippen LogP contribution in [-0.4, -0.2) is 4.98 Å². The van der Waals surface area contributed by atoms with Crippen LogP contribution in [0.1, 0.15) is 0 Å². The first kappa shape index (κ1) is 34.8. The van der Waals surface area contributed by atoms with E-state index in [0.29, 0.717) is 0 Å². The summed E-state index contributed by atoms with van der Waals surface area (Å²) in [6.45, 7) is 0. The molecule has 51 heavy (non-hydrogen) atoms. The fourth-order valence-electron chi connectivity index (χ4n) is 6.07. The zero-order valence-corrected chi connectivity index (χ0v) is 30.3. The summed E-state index contributed by atoms with van der Waals surface area (Å²) in [5.74, 6) is 0. The molecule has 0 amide bonds. The molecule has 0 aliphatic rings. The molecule has 0 aliphatic carbocycles. The first-order valence-corrected chi connectivity index (χ1v) is 16.4. The molecule has 6 aromatic carbocycles. The zero-order chi connectivity index (χ0) is 34.1. The Morgan fingerprint density at radius 1 is 0.412 bits per heavy atom. The summed E-state index contributed by atoms with van der Waals surface area (Å²) >= 11 is 0. The van der Waals surface area contributed by atoms with E-state index in [1.165, 1.54) is 32.3 Å². The Kier molecular flexibility index (Phi) is 11.3. The van der Waals surface area contributed by atoms with Gasteiger partial charge in [-0.15, -0.1) is 96.6 Å². The quantitative estimate of drug-likeness (QED) is 0.128. The Hall–Kier alpha value is -6.06. The van der Waals surface area contributed by atoms with Crippen molar-refractivity contribution in [2.45, 2.75) is 0 Å². The Morgan fingerprint density at radius 2 is 0.804 bits per heavy atom. The van der Waals surface area contributed by atoms with Gasteiger partial charge in [-0.25, -0.2) is 0 Å². The van der Waals surface area contributed by atoms with Crippen LogP contribution in [0.3, 0.4) is 0 Å². The predicted octanol–water partition coefficient (Wildman–Crippen LogP) is 10.2. The maximum atomic E-state index is 4.45. The number of hydrogen-bond acceptors (Lipinski definition) is 1. The van der Waals surface area contributed by atoms with E-state index in [4.69, 9.17) is 0 Å². The van der Waals surface area contributed by atoms with Gasteiger partial charge in [-0.3, -0.25) is 0 Å². The van der Waals surface area contributed by atoms with Gasteiger partial charge in [-0.05, 0) is 45.4 Å². The summed E-state index contributed by atoms with van der Waals surface area (Å²) in [5, 5.41) is 7.23. The van der Waals surface area contributed by atoms with Gasteiger partial charge in [0.2, 0.25) is 0 Å². The van der Waals surface area contributed by atoms with Crippen LogP contribution < -0.4 is 9.13 Å². The Balaban J connectivity index is 0.000000131. The second-order valence-corrected chi connectivity index (χ2v) is 11.7. The summed E-state index contributed by atoms with van der Waals surface area (Å²) < 4.78 is 3.79. The number of rotatable bonds is 3. The van der Waals surface area contributed by atoms with Crippen molar-refractivity contribution in [1.82, 2.24) is 4.98 Å². The second-order valence-electron chi connectivity index (χ2n) is 11.7. The number of fused-ring (bicyclic) bond motifs is 3. The van der Waals surface area contributed by atoms with Crippen molar-refractivity contribution in [3.63, 3.8) is 0 Å². The van der Waals surface area contributed by atoms with Crippen LogP contribution in [0.5, 0.6) is 0 Å². The molecule has 1 radical (unpaired) electrons. The van der Waals surface area contributed by atoms with Crippen LogP contribution >= 0.6 is 0 Å². The monoisotopic (exact) mass is 833 g/mol. The average Bonchev–Trinajstić information content (AvgIpc) is 3.19. The minimum atomic E-state index is 0. The molecule has 0 unspecified atom stereocenters. The number of pyridine rings is 3. The summed E-state index contributed by atoms with van der Waals surface area (Å²) in [6, 6.07) is 64.7. The third-order valence-electron chi connectivity index (χ3n) is 8.44. The van der Waals surface area contributed by atoms with E-state index in [9.17, 15) is 0 Å². The van der Waals surface area contributed by atoms with Gasteiger partial charge >= 0.3 is 0 Å². The van der Waals surface area contributed by atoms with Gasteiger partial charge in [-0.1, -0.05) is 83.9 Å². The number of benzene rings is 6. The molecule has 3 aromatic heterocycles. The molecule has 0 N–H and O–H groups in total. The molecule has 4 heteroatoms. The van der Waals surface area contributed by atoms with Crippen molar-refractivity contribution in [1.29, 1.82) is 0 Å². The zero-order valence-electron chi connectivity index (χ0n) is 27.9. The van der Waals surface area contributed by atoms with Crippen LogP contribution in [0, 0.1) is 32.3 Å². The largest absolute Gasteiger partial charge is 0.320 e. The van der Waals surface area contributed by atoms with Crippen LogP contribution in [0.25, 0.3) is 66.1 Å². The molecular formula is C47H34IrN3-3. The fraction of sp³-hybridized carbons (Fsp3) is 0. The molecule has 9 rings (SSSR count). The van der Waals surface area contributed by atoms with Crippen LogP contribution in [0.15, 0.2) is 182 Å². The molecule has 0 atom stereocenters. The SMILES string of the molecule is [CH2-][n+]1ccc2ccccc2c1-c1[c-]cccc1.[CH2-][n+]1ccc2ccccc2c1-c1[c-]cccc1.[Ir].[c-]1ccccc1-c1nccc2ccccc12. The van der Waals surface area contributed by atoms with E-state index in [0.717, 1.165) is 33.8 Å². The molecule has 0 saturated carbocycles. The minimum absolute atomic E-state index is 0. The van der Waals surface area contributed by atoms with Crippen LogP contribution in [-0.2, 0) is 20.1 Å². The van der Waals surface area contributed by atoms with Gasteiger partial charge in [0, 0.05) is 51.2 Å². The van der Waals surface area contributed by atoms with Gasteiger partial charge < -0.3 is 14.1 Å². The van der Waals surface area contributed by atoms with E-state index >= 15 is 0 Å². The van der Waals surface area contributed by atoms with Gasteiger partial charge in [0.15, 0.2) is 0 Å². The molecular weight excluding hydrogens is 799 g/mol. The van der Waals surface area contributed by atoms with Crippen LogP contribution in [0.4, 0.5) is 0 Å². The molecule has 9 aromatic rings. The van der Waals surface area contributed by atoms with Crippen LogP contribution in [0.2, 0.25) is 0 Å². The van der Waals surface area contributed by atoms with Crippen molar-refractivity contribution in [3.8, 4) is 33.8 Å². The Labute approximate surface area is 313 Å². The molecule has 0 saturated heterocycles. The third kappa shape index (κ3) is 7.90. The Morgan fingerprint density at radius 3 is 1.25 bits per heavy atom. The van der Waals surface area contributed by atoms with Gasteiger partial charge in [0.1, 0.15) is 11.4 Å². The topological polar surface area (TPSA) is 20.6 Å². The van der Waals surface area contributed by atoms with Crippen molar-refractivity contribution in [2.75, 3.05) is 0 Å². The van der Waals surface area contributed by atoms with Crippen molar-refractivity contribution < 1.29 is 29.2 Å². The second kappa shape index (κ2) is 16.6. The molecule has 0 spiro atoms. The first-order chi connectivity index (χ1) is 24.7. The first-order valence-electron chi connectivity index (χ1n) is 16.4. The summed E-state index contributed by atoms with van der Waals surface area (Å²) in [4.78, 5) is 4.45. The fourth-order valence-corrected chi connectivity index (χ4v) is 6.07. The van der Waals surface area contributed by atoms with Crippen molar-refractivity contribution in [3.05, 3.63) is 215 Å². The molecule has 3 nitrogen and oxygen atoms in total. The van der Waals surface area contributed by atoms with Gasteiger partial charge in [-0.2, -0.15) is 0 Å². The smallest absolute Gasteiger partial charge is 0.122 e. The van der Waals surface area contributed by atoms with E-state index in [1.807, 2.05) is 119 Å². The van der Waals surface area contributed by atoms with E-state index < -0.39 is 0 Å². The van der Waals surface area contributed by atoms with Crippen molar-refractivity contribution >= 4 is 32.3 Å². The molecule has 0 aliphatic heterocycles. The van der Waals surface area contributed by atoms with Gasteiger partial charge in [0.25, 0.3) is 0 Å². The van der Waals surface area contributed by atoms with E-state index in [-0.39, 0.29) is 20.1 Å². The maximum Gasteiger partial charge on any atom is 0.122 e. The normalized spacial score (nSPS) is 10.4. The average molecular weight is 833 g/mol.